The second-order valence-electron chi connectivity index (χ2n) is 3.38. The fraction of sp³-hybridized carbons (Fsp3) is 0.462. The first-order chi connectivity index (χ1) is 7.31. The zero-order chi connectivity index (χ0) is 11.7. The van der Waals surface area contributed by atoms with Crippen molar-refractivity contribution in [2.24, 2.45) is 5.92 Å². The molecule has 0 aromatic rings. The predicted molar refractivity (Wildman–Crippen MR) is 65.6 cm³/mol. The first kappa shape index (κ1) is 13.7. The Hall–Kier alpha value is -1.31. The summed E-state index contributed by atoms with van der Waals surface area (Å²) in [6.45, 7) is 13.7. The highest BCUT2D eigenvalue weighted by molar-refractivity contribution is 5.53. The summed E-state index contributed by atoms with van der Waals surface area (Å²) in [6.07, 6.45) is 6.99. The maximum atomic E-state index is 10.5. The SMILES string of the molecule is C=C.C=C/C(=C\C)N1CCC(C=O)CC1. The van der Waals surface area contributed by atoms with Crippen LogP contribution < -0.4 is 0 Å². The molecule has 0 aromatic carbocycles. The van der Waals surface area contributed by atoms with Crippen molar-refractivity contribution in [3.05, 3.63) is 37.6 Å². The molecule has 1 aliphatic heterocycles. The first-order valence-corrected chi connectivity index (χ1v) is 5.30. The largest absolute Gasteiger partial charge is 0.372 e. The van der Waals surface area contributed by atoms with Gasteiger partial charge in [-0.3, -0.25) is 0 Å². The van der Waals surface area contributed by atoms with Crippen LogP contribution in [0, 0.1) is 5.92 Å². The molecular weight excluding hydrogens is 186 g/mol. The molecule has 0 unspecified atom stereocenters. The van der Waals surface area contributed by atoms with Crippen LogP contribution in [-0.4, -0.2) is 24.3 Å². The number of likely N-dealkylation sites (tertiary alicyclic amines) is 1. The Labute approximate surface area is 93.0 Å². The predicted octanol–water partition coefficient (Wildman–Crippen LogP) is 2.79. The number of allylic oxidation sites excluding steroid dienone is 2. The van der Waals surface area contributed by atoms with Crippen LogP contribution in [0.15, 0.2) is 37.6 Å². The fourth-order valence-corrected chi connectivity index (χ4v) is 1.72. The van der Waals surface area contributed by atoms with Crippen LogP contribution in [0.25, 0.3) is 0 Å². The van der Waals surface area contributed by atoms with Crippen molar-refractivity contribution < 1.29 is 4.79 Å². The molecule has 1 aliphatic rings. The van der Waals surface area contributed by atoms with E-state index in [0.717, 1.165) is 32.2 Å². The number of nitrogens with zero attached hydrogens (tertiary/aromatic N) is 1. The average Bonchev–Trinajstić information content (AvgIpc) is 2.34. The Kier molecular flexibility index (Phi) is 7.33. The quantitative estimate of drug-likeness (QED) is 0.403. The standard InChI is InChI=1S/C11H17NO.C2H4/c1-3-11(4-2)12-7-5-10(9-13)6-8-12;1-2/h3-4,9-10H,1,5-8H2,2H3;1-2H2/b11-4+;. The van der Waals surface area contributed by atoms with Gasteiger partial charge in [-0.05, 0) is 25.8 Å². The number of piperidine rings is 1. The lowest BCUT2D eigenvalue weighted by Gasteiger charge is -2.32. The van der Waals surface area contributed by atoms with E-state index in [1.807, 2.05) is 13.0 Å². The number of aldehydes is 1. The van der Waals surface area contributed by atoms with E-state index < -0.39 is 0 Å². The van der Waals surface area contributed by atoms with Gasteiger partial charge in [0, 0.05) is 24.7 Å². The zero-order valence-electron chi connectivity index (χ0n) is 9.61. The molecule has 2 nitrogen and oxygen atoms in total. The van der Waals surface area contributed by atoms with Crippen molar-refractivity contribution in [2.45, 2.75) is 19.8 Å². The van der Waals surface area contributed by atoms with Gasteiger partial charge < -0.3 is 9.69 Å². The molecule has 1 fully saturated rings. The van der Waals surface area contributed by atoms with Crippen LogP contribution in [0.3, 0.4) is 0 Å². The second kappa shape index (κ2) is 8.04. The monoisotopic (exact) mass is 207 g/mol. The Bertz CT molecular complexity index is 225. The summed E-state index contributed by atoms with van der Waals surface area (Å²) < 4.78 is 0. The van der Waals surface area contributed by atoms with Crippen molar-refractivity contribution in [2.75, 3.05) is 13.1 Å². The van der Waals surface area contributed by atoms with Crippen LogP contribution in [0.1, 0.15) is 19.8 Å². The van der Waals surface area contributed by atoms with Crippen LogP contribution in [0.2, 0.25) is 0 Å². The van der Waals surface area contributed by atoms with E-state index in [1.165, 1.54) is 5.70 Å². The van der Waals surface area contributed by atoms with E-state index in [0.29, 0.717) is 0 Å². The van der Waals surface area contributed by atoms with E-state index in [-0.39, 0.29) is 5.92 Å². The molecule has 0 N–H and O–H groups in total. The minimum absolute atomic E-state index is 0.277. The van der Waals surface area contributed by atoms with Crippen LogP contribution >= 0.6 is 0 Å². The normalized spacial score (nSPS) is 17.7. The van der Waals surface area contributed by atoms with Crippen LogP contribution in [-0.2, 0) is 4.79 Å². The van der Waals surface area contributed by atoms with Gasteiger partial charge in [-0.25, -0.2) is 0 Å². The van der Waals surface area contributed by atoms with E-state index in [1.54, 1.807) is 0 Å². The Balaban J connectivity index is 0.000000921. The van der Waals surface area contributed by atoms with Gasteiger partial charge >= 0.3 is 0 Å². The fourth-order valence-electron chi connectivity index (χ4n) is 1.72. The maximum absolute atomic E-state index is 10.5. The molecule has 1 rings (SSSR count). The van der Waals surface area contributed by atoms with Gasteiger partial charge in [0.25, 0.3) is 0 Å². The van der Waals surface area contributed by atoms with Crippen molar-refractivity contribution in [3.8, 4) is 0 Å². The summed E-state index contributed by atoms with van der Waals surface area (Å²) in [5.74, 6) is 0.277. The molecule has 0 radical (unpaired) electrons. The topological polar surface area (TPSA) is 20.3 Å². The van der Waals surface area contributed by atoms with Gasteiger partial charge in [0.15, 0.2) is 0 Å². The molecule has 0 bridgehead atoms. The third-order valence-electron chi connectivity index (χ3n) is 2.60. The van der Waals surface area contributed by atoms with E-state index >= 15 is 0 Å². The molecule has 15 heavy (non-hydrogen) atoms. The minimum atomic E-state index is 0.277. The zero-order valence-corrected chi connectivity index (χ0v) is 9.61. The lowest BCUT2D eigenvalue weighted by atomic mass is 9.98. The van der Waals surface area contributed by atoms with Gasteiger partial charge in [0.05, 0.1) is 0 Å². The first-order valence-electron chi connectivity index (χ1n) is 5.30. The Morgan fingerprint density at radius 1 is 1.33 bits per heavy atom. The summed E-state index contributed by atoms with van der Waals surface area (Å²) >= 11 is 0. The highest BCUT2D eigenvalue weighted by atomic mass is 16.1. The molecule has 0 aromatic heterocycles. The Morgan fingerprint density at radius 3 is 2.20 bits per heavy atom. The average molecular weight is 207 g/mol. The van der Waals surface area contributed by atoms with E-state index in [9.17, 15) is 4.79 Å². The minimum Gasteiger partial charge on any atom is -0.372 e. The molecular formula is C13H21NO. The molecule has 2 heteroatoms. The van der Waals surface area contributed by atoms with Crippen molar-refractivity contribution >= 4 is 6.29 Å². The molecule has 0 atom stereocenters. The number of rotatable bonds is 3. The highest BCUT2D eigenvalue weighted by Gasteiger charge is 2.18. The number of hydrogen-bond donors (Lipinski definition) is 0. The van der Waals surface area contributed by atoms with Gasteiger partial charge in [-0.15, -0.1) is 13.2 Å². The van der Waals surface area contributed by atoms with Crippen LogP contribution in [0.4, 0.5) is 0 Å². The van der Waals surface area contributed by atoms with E-state index in [4.69, 9.17) is 0 Å². The summed E-state index contributed by atoms with van der Waals surface area (Å²) in [6, 6.07) is 0. The van der Waals surface area contributed by atoms with Gasteiger partial charge in [0.2, 0.25) is 0 Å². The molecule has 0 spiro atoms. The number of carbonyl (C=O) groups excluding carboxylic acids is 1. The molecule has 0 saturated carbocycles. The highest BCUT2D eigenvalue weighted by Crippen LogP contribution is 2.18. The van der Waals surface area contributed by atoms with Crippen LogP contribution in [0.5, 0.6) is 0 Å². The summed E-state index contributed by atoms with van der Waals surface area (Å²) in [5, 5.41) is 0. The summed E-state index contributed by atoms with van der Waals surface area (Å²) in [4.78, 5) is 12.8. The second-order valence-corrected chi connectivity index (χ2v) is 3.38. The van der Waals surface area contributed by atoms with E-state index in [2.05, 4.69) is 30.7 Å². The third-order valence-corrected chi connectivity index (χ3v) is 2.60. The maximum Gasteiger partial charge on any atom is 0.123 e. The molecule has 0 aliphatic carbocycles. The lowest BCUT2D eigenvalue weighted by Crippen LogP contribution is -2.32. The summed E-state index contributed by atoms with van der Waals surface area (Å²) in [7, 11) is 0. The lowest BCUT2D eigenvalue weighted by molar-refractivity contribution is -0.112. The van der Waals surface area contributed by atoms with Crippen molar-refractivity contribution in [3.63, 3.8) is 0 Å². The summed E-state index contributed by atoms with van der Waals surface area (Å²) in [5.41, 5.74) is 1.18. The van der Waals surface area contributed by atoms with Gasteiger partial charge in [-0.1, -0.05) is 12.7 Å². The molecule has 1 heterocycles. The molecule has 84 valence electrons. The van der Waals surface area contributed by atoms with Gasteiger partial charge in [-0.2, -0.15) is 0 Å². The van der Waals surface area contributed by atoms with Gasteiger partial charge in [0.1, 0.15) is 6.29 Å². The van der Waals surface area contributed by atoms with Crippen molar-refractivity contribution in [1.82, 2.24) is 4.90 Å². The smallest absolute Gasteiger partial charge is 0.123 e. The number of carbonyl (C=O) groups is 1. The number of hydrogen-bond acceptors (Lipinski definition) is 2. The molecule has 1 saturated heterocycles. The van der Waals surface area contributed by atoms with Crippen molar-refractivity contribution in [1.29, 1.82) is 0 Å². The third kappa shape index (κ3) is 4.15. The molecule has 0 amide bonds. The Morgan fingerprint density at radius 2 is 1.87 bits per heavy atom.